The number of carbonyl (C=O) groups is 1. The van der Waals surface area contributed by atoms with Crippen LogP contribution in [0.15, 0.2) is 52.8 Å². The predicted octanol–water partition coefficient (Wildman–Crippen LogP) is 2.86. The molecule has 1 aliphatic heterocycles. The number of aromatic nitrogens is 2. The molecule has 4 rings (SSSR count). The highest BCUT2D eigenvalue weighted by Crippen LogP contribution is 2.35. The van der Waals surface area contributed by atoms with Gasteiger partial charge in [0.05, 0.1) is 23.5 Å². The summed E-state index contributed by atoms with van der Waals surface area (Å²) in [7, 11) is 0. The lowest BCUT2D eigenvalue weighted by Gasteiger charge is -2.33. The van der Waals surface area contributed by atoms with Crippen molar-refractivity contribution in [2.75, 3.05) is 0 Å². The van der Waals surface area contributed by atoms with E-state index in [1.807, 2.05) is 30.3 Å². The molecule has 0 saturated carbocycles. The molecule has 6 nitrogen and oxygen atoms in total. The number of guanidine groups is 1. The minimum atomic E-state index is -0.353. The van der Waals surface area contributed by atoms with Crippen LogP contribution in [0, 0.1) is 0 Å². The average Bonchev–Trinajstić information content (AvgIpc) is 3.06. The molecule has 1 aromatic carbocycles. The number of allylic oxidation sites excluding steroid dienone is 1. The number of hydrogen-bond acceptors (Lipinski definition) is 3. The summed E-state index contributed by atoms with van der Waals surface area (Å²) in [6.07, 6.45) is 3.78. The Morgan fingerprint density at radius 3 is 2.84 bits per heavy atom. The zero-order valence-corrected chi connectivity index (χ0v) is 14.3. The molecule has 25 heavy (non-hydrogen) atoms. The first kappa shape index (κ1) is 15.9. The molecule has 0 amide bonds. The molecule has 7 heteroatoms. The van der Waals surface area contributed by atoms with Crippen LogP contribution in [0.25, 0.3) is 0 Å². The molecule has 2 aliphatic rings. The van der Waals surface area contributed by atoms with E-state index >= 15 is 0 Å². The maximum Gasteiger partial charge on any atom is 0.196 e. The summed E-state index contributed by atoms with van der Waals surface area (Å²) in [6.45, 7) is 0.552. The number of Topliss-reactive ketones (excluding diaryl/α,β-unsaturated/α-hetero) is 1. The summed E-state index contributed by atoms with van der Waals surface area (Å²) in [4.78, 5) is 17.1. The second-order valence-corrected chi connectivity index (χ2v) is 6.56. The van der Waals surface area contributed by atoms with E-state index < -0.39 is 0 Å². The quantitative estimate of drug-likeness (QED) is 0.790. The number of halogens is 1. The van der Waals surface area contributed by atoms with Crippen molar-refractivity contribution in [2.45, 2.75) is 31.8 Å². The maximum absolute atomic E-state index is 12.5. The number of carbonyl (C=O) groups excluding carboxylic acids is 1. The van der Waals surface area contributed by atoms with E-state index in [9.17, 15) is 4.79 Å². The highest BCUT2D eigenvalue weighted by Gasteiger charge is 2.35. The summed E-state index contributed by atoms with van der Waals surface area (Å²) in [6, 6.07) is 9.67. The molecule has 0 fully saturated rings. The first-order valence-corrected chi connectivity index (χ1v) is 8.67. The van der Waals surface area contributed by atoms with Gasteiger partial charge in [-0.15, -0.1) is 0 Å². The number of benzene rings is 1. The molecule has 1 unspecified atom stereocenters. The summed E-state index contributed by atoms with van der Waals surface area (Å²) >= 11 is 6.24. The first-order chi connectivity index (χ1) is 12.2. The Hall–Kier alpha value is -2.60. The van der Waals surface area contributed by atoms with Crippen LogP contribution < -0.4 is 10.6 Å². The topological polar surface area (TPSA) is 82.2 Å². The molecule has 2 aromatic rings. The highest BCUT2D eigenvalue weighted by molar-refractivity contribution is 6.31. The van der Waals surface area contributed by atoms with Gasteiger partial charge in [0.2, 0.25) is 0 Å². The van der Waals surface area contributed by atoms with Gasteiger partial charge in [-0.05, 0) is 18.4 Å². The van der Waals surface area contributed by atoms with Gasteiger partial charge in [0.25, 0.3) is 0 Å². The Balaban J connectivity index is 1.67. The zero-order chi connectivity index (χ0) is 17.2. The third-order valence-corrected chi connectivity index (χ3v) is 4.77. The van der Waals surface area contributed by atoms with Crippen molar-refractivity contribution in [1.29, 1.82) is 0 Å². The van der Waals surface area contributed by atoms with Crippen molar-refractivity contribution in [3.05, 3.63) is 64.1 Å². The van der Waals surface area contributed by atoms with Gasteiger partial charge in [0, 0.05) is 17.7 Å². The van der Waals surface area contributed by atoms with Crippen LogP contribution in [0.5, 0.6) is 0 Å². The van der Waals surface area contributed by atoms with Gasteiger partial charge in [-0.2, -0.15) is 5.10 Å². The Morgan fingerprint density at radius 1 is 1.24 bits per heavy atom. The Morgan fingerprint density at radius 2 is 2.08 bits per heavy atom. The number of hydrogen-bond donors (Lipinski definition) is 3. The molecule has 0 saturated heterocycles. The van der Waals surface area contributed by atoms with Crippen LogP contribution in [-0.4, -0.2) is 21.9 Å². The summed E-state index contributed by atoms with van der Waals surface area (Å²) in [5, 5.41) is 14.0. The molecule has 128 valence electrons. The van der Waals surface area contributed by atoms with Gasteiger partial charge in [0.1, 0.15) is 6.04 Å². The van der Waals surface area contributed by atoms with Crippen LogP contribution in [-0.2, 0) is 11.3 Å². The van der Waals surface area contributed by atoms with Gasteiger partial charge < -0.3 is 10.6 Å². The van der Waals surface area contributed by atoms with Crippen LogP contribution >= 0.6 is 11.6 Å². The normalized spacial score (nSPS) is 21.7. The largest absolute Gasteiger partial charge is 0.343 e. The van der Waals surface area contributed by atoms with Crippen molar-refractivity contribution < 1.29 is 4.79 Å². The second kappa shape index (κ2) is 6.72. The first-order valence-electron chi connectivity index (χ1n) is 8.29. The Kier molecular flexibility index (Phi) is 4.28. The van der Waals surface area contributed by atoms with E-state index in [2.05, 4.69) is 25.8 Å². The molecule has 1 aliphatic carbocycles. The SMILES string of the molecule is O=C1CCCC2=C1C(c1[nH]ncc1Cl)NC(=NCc1ccccc1)N2. The monoisotopic (exact) mass is 355 g/mol. The highest BCUT2D eigenvalue weighted by atomic mass is 35.5. The molecular weight excluding hydrogens is 338 g/mol. The molecular formula is C18H18ClN5O. The lowest BCUT2D eigenvalue weighted by molar-refractivity contribution is -0.116. The van der Waals surface area contributed by atoms with Crippen LogP contribution in [0.1, 0.15) is 36.6 Å². The molecule has 1 aromatic heterocycles. The minimum Gasteiger partial charge on any atom is -0.343 e. The number of nitrogens with zero attached hydrogens (tertiary/aromatic N) is 2. The van der Waals surface area contributed by atoms with Crippen molar-refractivity contribution >= 4 is 23.3 Å². The Bertz CT molecular complexity index is 855. The summed E-state index contributed by atoms with van der Waals surface area (Å²) in [5.41, 5.74) is 3.47. The van der Waals surface area contributed by atoms with Gasteiger partial charge in [-0.1, -0.05) is 41.9 Å². The van der Waals surface area contributed by atoms with E-state index in [1.165, 1.54) is 0 Å². The fraction of sp³-hybridized carbons (Fsp3) is 0.278. The van der Waals surface area contributed by atoms with Crippen molar-refractivity contribution in [1.82, 2.24) is 20.8 Å². The number of aliphatic imine (C=N–C) groups is 1. The number of ketones is 1. The molecule has 0 radical (unpaired) electrons. The third-order valence-electron chi connectivity index (χ3n) is 4.47. The second-order valence-electron chi connectivity index (χ2n) is 6.15. The molecule has 0 spiro atoms. The molecule has 2 heterocycles. The van der Waals surface area contributed by atoms with Gasteiger partial charge in [0.15, 0.2) is 11.7 Å². The number of nitrogens with one attached hydrogen (secondary N) is 3. The van der Waals surface area contributed by atoms with Crippen molar-refractivity contribution in [2.24, 2.45) is 4.99 Å². The molecule has 0 bridgehead atoms. The van der Waals surface area contributed by atoms with Crippen LogP contribution in [0.3, 0.4) is 0 Å². The van der Waals surface area contributed by atoms with E-state index in [-0.39, 0.29) is 11.8 Å². The number of H-pyrrole nitrogens is 1. The van der Waals surface area contributed by atoms with Gasteiger partial charge in [-0.25, -0.2) is 4.99 Å². The van der Waals surface area contributed by atoms with E-state index in [1.54, 1.807) is 6.20 Å². The molecule has 1 atom stereocenters. The fourth-order valence-electron chi connectivity index (χ4n) is 3.26. The lowest BCUT2D eigenvalue weighted by Crippen LogP contribution is -2.48. The minimum absolute atomic E-state index is 0.138. The van der Waals surface area contributed by atoms with Crippen molar-refractivity contribution in [3.8, 4) is 0 Å². The summed E-state index contributed by atoms with van der Waals surface area (Å²) in [5.74, 6) is 0.784. The zero-order valence-electron chi connectivity index (χ0n) is 13.6. The van der Waals surface area contributed by atoms with E-state index in [0.717, 1.165) is 29.7 Å². The van der Waals surface area contributed by atoms with E-state index in [0.29, 0.717) is 29.6 Å². The third kappa shape index (κ3) is 3.17. The molecule has 3 N–H and O–H groups in total. The number of aromatic amines is 1. The Labute approximate surface area is 150 Å². The van der Waals surface area contributed by atoms with Crippen LogP contribution in [0.4, 0.5) is 0 Å². The fourth-order valence-corrected chi connectivity index (χ4v) is 3.46. The summed E-state index contributed by atoms with van der Waals surface area (Å²) < 4.78 is 0. The predicted molar refractivity (Wildman–Crippen MR) is 96.1 cm³/mol. The smallest absolute Gasteiger partial charge is 0.196 e. The van der Waals surface area contributed by atoms with Crippen molar-refractivity contribution in [3.63, 3.8) is 0 Å². The number of rotatable bonds is 3. The maximum atomic E-state index is 12.5. The lowest BCUT2D eigenvalue weighted by atomic mass is 9.87. The van der Waals surface area contributed by atoms with Gasteiger partial charge >= 0.3 is 0 Å². The average molecular weight is 356 g/mol. The standard InChI is InChI=1S/C18H18ClN5O/c19-12-10-21-24-16(12)17-15-13(7-4-8-14(15)25)22-18(23-17)20-9-11-5-2-1-3-6-11/h1-3,5-6,10,17H,4,7-9H2,(H,21,24)(H2,20,22,23). The van der Waals surface area contributed by atoms with Crippen LogP contribution in [0.2, 0.25) is 5.02 Å². The van der Waals surface area contributed by atoms with E-state index in [4.69, 9.17) is 11.6 Å². The van der Waals surface area contributed by atoms with Gasteiger partial charge in [-0.3, -0.25) is 9.89 Å².